The number of benzene rings is 2. The number of aromatic nitrogens is 2. The molecule has 2 aliphatic heterocycles. The summed E-state index contributed by atoms with van der Waals surface area (Å²) in [6, 6.07) is 12.5. The SMILES string of the molecule is Fc1ccc2cc1OCCC=CCOCc1cc(ccc1OCCN1CCCC1)Nc1nccc-2n1. The largest absolute Gasteiger partial charge is 0.492 e. The lowest BCUT2D eigenvalue weighted by Gasteiger charge is -2.17. The second-order valence-electron chi connectivity index (χ2n) is 8.88. The Hall–Kier alpha value is -3.49. The number of hydrogen-bond acceptors (Lipinski definition) is 7. The topological polar surface area (TPSA) is 68.7 Å². The second-order valence-corrected chi connectivity index (χ2v) is 8.88. The molecule has 2 aliphatic rings. The molecule has 5 rings (SSSR count). The van der Waals surface area contributed by atoms with Crippen LogP contribution in [0.5, 0.6) is 11.5 Å². The first-order chi connectivity index (χ1) is 17.7. The molecule has 1 aromatic heterocycles. The molecule has 0 aliphatic carbocycles. The summed E-state index contributed by atoms with van der Waals surface area (Å²) in [7, 11) is 0. The summed E-state index contributed by atoms with van der Waals surface area (Å²) in [5, 5.41) is 3.27. The quantitative estimate of drug-likeness (QED) is 0.494. The van der Waals surface area contributed by atoms with Gasteiger partial charge in [-0.2, -0.15) is 0 Å². The van der Waals surface area contributed by atoms with Crippen molar-refractivity contribution in [1.82, 2.24) is 14.9 Å². The van der Waals surface area contributed by atoms with E-state index in [0.717, 1.165) is 42.2 Å². The van der Waals surface area contributed by atoms with E-state index in [9.17, 15) is 4.39 Å². The third-order valence-corrected chi connectivity index (χ3v) is 6.24. The van der Waals surface area contributed by atoms with E-state index in [2.05, 4.69) is 20.2 Å². The van der Waals surface area contributed by atoms with Crippen molar-refractivity contribution in [3.8, 4) is 22.8 Å². The van der Waals surface area contributed by atoms with Crippen LogP contribution in [0.4, 0.5) is 16.0 Å². The van der Waals surface area contributed by atoms with Crippen molar-refractivity contribution in [1.29, 1.82) is 0 Å². The van der Waals surface area contributed by atoms with Crippen LogP contribution >= 0.6 is 0 Å². The predicted octanol–water partition coefficient (Wildman–Crippen LogP) is 5.36. The number of nitrogens with one attached hydrogen (secondary N) is 1. The number of anilines is 2. The highest BCUT2D eigenvalue weighted by atomic mass is 19.1. The van der Waals surface area contributed by atoms with Crippen LogP contribution in [-0.2, 0) is 11.3 Å². The third-order valence-electron chi connectivity index (χ3n) is 6.24. The van der Waals surface area contributed by atoms with Gasteiger partial charge in [0.25, 0.3) is 0 Å². The highest BCUT2D eigenvalue weighted by Gasteiger charge is 2.13. The Morgan fingerprint density at radius 1 is 1.06 bits per heavy atom. The van der Waals surface area contributed by atoms with Gasteiger partial charge in [-0.3, -0.25) is 4.90 Å². The monoisotopic (exact) mass is 490 g/mol. The van der Waals surface area contributed by atoms with Crippen LogP contribution in [0.1, 0.15) is 24.8 Å². The third kappa shape index (κ3) is 6.38. The molecule has 36 heavy (non-hydrogen) atoms. The first kappa shape index (κ1) is 24.2. The van der Waals surface area contributed by atoms with Gasteiger partial charge in [0.2, 0.25) is 5.95 Å². The molecule has 6 bridgehead atoms. The molecule has 1 N–H and O–H groups in total. The fourth-order valence-electron chi connectivity index (χ4n) is 4.34. The first-order valence-electron chi connectivity index (χ1n) is 12.5. The summed E-state index contributed by atoms with van der Waals surface area (Å²) in [6.07, 6.45) is 8.79. The molecular weight excluding hydrogens is 459 g/mol. The summed E-state index contributed by atoms with van der Waals surface area (Å²) in [4.78, 5) is 11.4. The van der Waals surface area contributed by atoms with Gasteiger partial charge in [-0.25, -0.2) is 14.4 Å². The number of ether oxygens (including phenoxy) is 3. The molecule has 8 heteroatoms. The molecule has 3 aromatic rings. The van der Waals surface area contributed by atoms with Crippen LogP contribution in [0.25, 0.3) is 11.3 Å². The molecule has 7 nitrogen and oxygen atoms in total. The summed E-state index contributed by atoms with van der Waals surface area (Å²) >= 11 is 0. The van der Waals surface area contributed by atoms with Gasteiger partial charge in [0.1, 0.15) is 12.4 Å². The van der Waals surface area contributed by atoms with E-state index in [4.69, 9.17) is 14.2 Å². The lowest BCUT2D eigenvalue weighted by Crippen LogP contribution is -2.25. The van der Waals surface area contributed by atoms with Crippen LogP contribution in [0.3, 0.4) is 0 Å². The average molecular weight is 491 g/mol. The standard InChI is InChI=1S/C28H31FN4O3/c29-24-8-6-21-19-27(24)35-16-5-1-4-15-34-20-22-18-23(31-28-30-11-10-25(21)32-28)7-9-26(22)36-17-14-33-12-2-3-13-33/h1,4,6-11,18-19H,2-3,5,12-17,20H2,(H,30,31,32). The van der Waals surface area contributed by atoms with Gasteiger partial charge in [0, 0.05) is 29.6 Å². The Kier molecular flexibility index (Phi) is 8.05. The van der Waals surface area contributed by atoms with Gasteiger partial charge < -0.3 is 19.5 Å². The molecule has 2 aromatic carbocycles. The van der Waals surface area contributed by atoms with Crippen LogP contribution in [0.2, 0.25) is 0 Å². The van der Waals surface area contributed by atoms with Crippen molar-refractivity contribution in [3.05, 3.63) is 72.2 Å². The normalized spacial score (nSPS) is 16.5. The van der Waals surface area contributed by atoms with Gasteiger partial charge in [0.05, 0.1) is 25.5 Å². The van der Waals surface area contributed by atoms with Gasteiger partial charge in [-0.05, 0) is 74.8 Å². The maximum Gasteiger partial charge on any atom is 0.227 e. The molecule has 1 fully saturated rings. The first-order valence-corrected chi connectivity index (χ1v) is 12.5. The number of fused-ring (bicyclic) bond motifs is 7. The molecule has 0 atom stereocenters. The maximum atomic E-state index is 14.3. The Morgan fingerprint density at radius 2 is 1.97 bits per heavy atom. The number of likely N-dealkylation sites (tertiary alicyclic amines) is 1. The number of hydrogen-bond donors (Lipinski definition) is 1. The number of rotatable bonds is 4. The van der Waals surface area contributed by atoms with Crippen LogP contribution in [0.15, 0.2) is 60.8 Å². The van der Waals surface area contributed by atoms with Gasteiger partial charge in [0.15, 0.2) is 11.6 Å². The zero-order chi connectivity index (χ0) is 24.6. The molecule has 0 unspecified atom stereocenters. The highest BCUT2D eigenvalue weighted by molar-refractivity contribution is 5.64. The molecule has 1 saturated heterocycles. The Bertz CT molecular complexity index is 1200. The smallest absolute Gasteiger partial charge is 0.227 e. The molecule has 0 saturated carbocycles. The molecular formula is C28H31FN4O3. The van der Waals surface area contributed by atoms with Crippen LogP contribution < -0.4 is 14.8 Å². The van der Waals surface area contributed by atoms with E-state index in [-0.39, 0.29) is 5.75 Å². The molecule has 188 valence electrons. The minimum atomic E-state index is -0.400. The molecule has 3 heterocycles. The van der Waals surface area contributed by atoms with E-state index in [1.807, 2.05) is 30.4 Å². The lowest BCUT2D eigenvalue weighted by molar-refractivity contribution is 0.144. The number of nitrogens with zero attached hydrogens (tertiary/aromatic N) is 3. The van der Waals surface area contributed by atoms with Crippen LogP contribution in [-0.4, -0.2) is 54.3 Å². The zero-order valence-electron chi connectivity index (χ0n) is 20.3. The minimum absolute atomic E-state index is 0.205. The average Bonchev–Trinajstić information content (AvgIpc) is 3.41. The zero-order valence-corrected chi connectivity index (χ0v) is 20.3. The van der Waals surface area contributed by atoms with Crippen molar-refractivity contribution >= 4 is 11.6 Å². The summed E-state index contributed by atoms with van der Waals surface area (Å²) in [5.41, 5.74) is 3.21. The van der Waals surface area contributed by atoms with Crippen molar-refractivity contribution < 1.29 is 18.6 Å². The Morgan fingerprint density at radius 3 is 2.89 bits per heavy atom. The van der Waals surface area contributed by atoms with E-state index in [0.29, 0.717) is 44.5 Å². The van der Waals surface area contributed by atoms with Crippen LogP contribution in [0, 0.1) is 5.82 Å². The van der Waals surface area contributed by atoms with E-state index in [1.54, 1.807) is 24.4 Å². The Labute approximate surface area is 210 Å². The molecule has 0 amide bonds. The van der Waals surface area contributed by atoms with Crippen molar-refractivity contribution in [2.24, 2.45) is 0 Å². The molecule has 0 spiro atoms. The summed E-state index contributed by atoms with van der Waals surface area (Å²) in [5.74, 6) is 1.07. The summed E-state index contributed by atoms with van der Waals surface area (Å²) < 4.78 is 32.0. The number of halogens is 1. The van der Waals surface area contributed by atoms with E-state index in [1.165, 1.54) is 18.9 Å². The molecule has 0 radical (unpaired) electrons. The van der Waals surface area contributed by atoms with Gasteiger partial charge in [-0.15, -0.1) is 0 Å². The van der Waals surface area contributed by atoms with Crippen molar-refractivity contribution in [2.75, 3.05) is 44.8 Å². The van der Waals surface area contributed by atoms with Gasteiger partial charge >= 0.3 is 0 Å². The highest BCUT2D eigenvalue weighted by Crippen LogP contribution is 2.28. The van der Waals surface area contributed by atoms with E-state index < -0.39 is 5.82 Å². The fourth-order valence-corrected chi connectivity index (χ4v) is 4.34. The lowest BCUT2D eigenvalue weighted by atomic mass is 10.1. The van der Waals surface area contributed by atoms with E-state index >= 15 is 0 Å². The summed E-state index contributed by atoms with van der Waals surface area (Å²) in [6.45, 7) is 5.10. The fraction of sp³-hybridized carbons (Fsp3) is 0.357. The van der Waals surface area contributed by atoms with Crippen molar-refractivity contribution in [3.63, 3.8) is 0 Å². The minimum Gasteiger partial charge on any atom is -0.492 e. The second kappa shape index (κ2) is 12.0. The maximum absolute atomic E-state index is 14.3. The predicted molar refractivity (Wildman–Crippen MR) is 137 cm³/mol. The Balaban J connectivity index is 1.38. The van der Waals surface area contributed by atoms with Crippen molar-refractivity contribution in [2.45, 2.75) is 25.9 Å². The van der Waals surface area contributed by atoms with Gasteiger partial charge in [-0.1, -0.05) is 12.2 Å².